The van der Waals surface area contributed by atoms with E-state index in [-0.39, 0.29) is 22.9 Å². The smallest absolute Gasteiger partial charge is 0.264 e. The lowest BCUT2D eigenvalue weighted by Gasteiger charge is -2.21. The minimum absolute atomic E-state index is 0.0313. The van der Waals surface area contributed by atoms with E-state index < -0.39 is 5.91 Å². The van der Waals surface area contributed by atoms with Crippen LogP contribution in [0.1, 0.15) is 26.3 Å². The Kier molecular flexibility index (Phi) is 6.92. The van der Waals surface area contributed by atoms with Crippen molar-refractivity contribution in [2.75, 3.05) is 11.9 Å². The van der Waals surface area contributed by atoms with Crippen LogP contribution in [0.3, 0.4) is 0 Å². The van der Waals surface area contributed by atoms with Gasteiger partial charge in [-0.1, -0.05) is 50.0 Å². The molecule has 0 unspecified atom stereocenters. The number of benzene rings is 2. The molecule has 3 N–H and O–H groups in total. The molecule has 0 saturated carbocycles. The summed E-state index contributed by atoms with van der Waals surface area (Å²) in [4.78, 5) is 12.0. The number of hydrogen-bond donors (Lipinski definition) is 3. The van der Waals surface area contributed by atoms with Crippen LogP contribution in [-0.4, -0.2) is 22.7 Å². The lowest BCUT2D eigenvalue weighted by atomic mass is 9.87. The van der Waals surface area contributed by atoms with Gasteiger partial charge in [0, 0.05) is 5.02 Å². The second-order valence-corrected chi connectivity index (χ2v) is 8.10. The van der Waals surface area contributed by atoms with Crippen LogP contribution < -0.4 is 15.4 Å². The van der Waals surface area contributed by atoms with Crippen molar-refractivity contribution < 1.29 is 14.6 Å². The first kappa shape index (κ1) is 21.3. The Labute approximate surface area is 173 Å². The summed E-state index contributed by atoms with van der Waals surface area (Å²) in [6, 6.07) is 9.92. The molecule has 0 bridgehead atoms. The second-order valence-electron chi connectivity index (χ2n) is 6.85. The summed E-state index contributed by atoms with van der Waals surface area (Å²) < 4.78 is 5.35. The third-order valence-electron chi connectivity index (χ3n) is 3.62. The Morgan fingerprint density at radius 2 is 1.89 bits per heavy atom. The average molecular weight is 427 g/mol. The Balaban J connectivity index is 1.94. The minimum atomic E-state index is -0.468. The van der Waals surface area contributed by atoms with Gasteiger partial charge in [0.15, 0.2) is 11.7 Å². The van der Waals surface area contributed by atoms with E-state index in [0.29, 0.717) is 21.5 Å². The van der Waals surface area contributed by atoms with Crippen molar-refractivity contribution in [3.8, 4) is 11.5 Å². The number of phenols is 1. The summed E-state index contributed by atoms with van der Waals surface area (Å²) in [5.41, 5.74) is 1.33. The fourth-order valence-corrected chi connectivity index (χ4v) is 2.84. The predicted molar refractivity (Wildman–Crippen MR) is 113 cm³/mol. The Morgan fingerprint density at radius 1 is 1.19 bits per heavy atom. The predicted octanol–water partition coefficient (Wildman–Crippen LogP) is 4.89. The van der Waals surface area contributed by atoms with Gasteiger partial charge in [0.05, 0.1) is 10.7 Å². The average Bonchev–Trinajstić information content (AvgIpc) is 2.55. The van der Waals surface area contributed by atoms with Crippen molar-refractivity contribution in [2.45, 2.75) is 26.2 Å². The van der Waals surface area contributed by atoms with E-state index in [9.17, 15) is 9.90 Å². The SMILES string of the molecule is CC(C)(C)c1ccc(O)c(NC(=S)NC(=O)COc2ccc(Cl)cc2Cl)c1. The molecule has 2 aromatic rings. The van der Waals surface area contributed by atoms with E-state index >= 15 is 0 Å². The van der Waals surface area contributed by atoms with Crippen LogP contribution in [0, 0.1) is 0 Å². The van der Waals surface area contributed by atoms with E-state index in [4.69, 9.17) is 40.2 Å². The van der Waals surface area contributed by atoms with Crippen LogP contribution in [0.4, 0.5) is 5.69 Å². The number of hydrogen-bond acceptors (Lipinski definition) is 4. The number of anilines is 1. The molecule has 0 aromatic heterocycles. The fraction of sp³-hybridized carbons (Fsp3) is 0.263. The number of halogens is 2. The van der Waals surface area contributed by atoms with Gasteiger partial charge in [0.2, 0.25) is 0 Å². The van der Waals surface area contributed by atoms with Gasteiger partial charge in [0.25, 0.3) is 5.91 Å². The molecule has 5 nitrogen and oxygen atoms in total. The lowest BCUT2D eigenvalue weighted by molar-refractivity contribution is -0.121. The van der Waals surface area contributed by atoms with Crippen LogP contribution >= 0.6 is 35.4 Å². The van der Waals surface area contributed by atoms with Crippen molar-refractivity contribution in [1.82, 2.24) is 5.32 Å². The van der Waals surface area contributed by atoms with Crippen molar-refractivity contribution in [3.63, 3.8) is 0 Å². The number of nitrogens with one attached hydrogen (secondary N) is 2. The zero-order valence-electron chi connectivity index (χ0n) is 15.1. The fourth-order valence-electron chi connectivity index (χ4n) is 2.15. The molecule has 0 saturated heterocycles. The number of thiocarbonyl (C=S) groups is 1. The Morgan fingerprint density at radius 3 is 2.52 bits per heavy atom. The topological polar surface area (TPSA) is 70.6 Å². The molecule has 0 atom stereocenters. The first-order chi connectivity index (χ1) is 12.6. The third kappa shape index (κ3) is 6.27. The normalized spacial score (nSPS) is 11.0. The molecule has 0 radical (unpaired) electrons. The van der Waals surface area contributed by atoms with Gasteiger partial charge in [-0.05, 0) is 53.5 Å². The molecule has 0 aliphatic carbocycles. The maximum Gasteiger partial charge on any atom is 0.264 e. The van der Waals surface area contributed by atoms with Crippen LogP contribution in [0.2, 0.25) is 10.0 Å². The molecule has 144 valence electrons. The summed E-state index contributed by atoms with van der Waals surface area (Å²) >= 11 is 16.9. The van der Waals surface area contributed by atoms with Gasteiger partial charge in [0.1, 0.15) is 11.5 Å². The zero-order chi connectivity index (χ0) is 20.2. The highest BCUT2D eigenvalue weighted by Gasteiger charge is 2.16. The summed E-state index contributed by atoms with van der Waals surface area (Å²) in [7, 11) is 0. The monoisotopic (exact) mass is 426 g/mol. The molecule has 2 aromatic carbocycles. The largest absolute Gasteiger partial charge is 0.506 e. The summed E-state index contributed by atoms with van der Waals surface area (Å²) in [6.07, 6.45) is 0. The van der Waals surface area contributed by atoms with E-state index in [1.807, 2.05) is 6.07 Å². The maximum atomic E-state index is 12.0. The summed E-state index contributed by atoms with van der Waals surface area (Å²) in [6.45, 7) is 5.89. The van der Waals surface area contributed by atoms with Gasteiger partial charge in [-0.3, -0.25) is 10.1 Å². The molecular weight excluding hydrogens is 407 g/mol. The molecule has 27 heavy (non-hydrogen) atoms. The standard InChI is InChI=1S/C19H20Cl2N2O3S/c1-19(2,3)11-4-6-15(24)14(8-11)22-18(27)23-17(25)10-26-16-7-5-12(20)9-13(16)21/h4-9,24H,10H2,1-3H3,(H2,22,23,25,27). The molecule has 2 rings (SSSR count). The van der Waals surface area contributed by atoms with E-state index in [2.05, 4.69) is 31.4 Å². The van der Waals surface area contributed by atoms with E-state index in [1.165, 1.54) is 6.07 Å². The molecule has 0 aliphatic rings. The van der Waals surface area contributed by atoms with Crippen LogP contribution in [0.5, 0.6) is 11.5 Å². The van der Waals surface area contributed by atoms with Crippen LogP contribution in [0.25, 0.3) is 0 Å². The maximum absolute atomic E-state index is 12.0. The molecule has 0 spiro atoms. The van der Waals surface area contributed by atoms with Gasteiger partial charge in [-0.2, -0.15) is 0 Å². The molecule has 0 fully saturated rings. The number of carbonyl (C=O) groups excluding carboxylic acids is 1. The molecule has 1 amide bonds. The quantitative estimate of drug-likeness (QED) is 0.479. The first-order valence-corrected chi connectivity index (χ1v) is 9.25. The van der Waals surface area contributed by atoms with Crippen LogP contribution in [-0.2, 0) is 10.2 Å². The summed E-state index contributed by atoms with van der Waals surface area (Å²) in [5.74, 6) is -0.0978. The molecule has 0 aliphatic heterocycles. The lowest BCUT2D eigenvalue weighted by Crippen LogP contribution is -2.37. The van der Waals surface area contributed by atoms with Gasteiger partial charge in [-0.15, -0.1) is 0 Å². The molecule has 0 heterocycles. The highest BCUT2D eigenvalue weighted by atomic mass is 35.5. The van der Waals surface area contributed by atoms with Gasteiger partial charge >= 0.3 is 0 Å². The minimum Gasteiger partial charge on any atom is -0.506 e. The highest BCUT2D eigenvalue weighted by molar-refractivity contribution is 7.80. The Bertz CT molecular complexity index is 867. The van der Waals surface area contributed by atoms with Crippen molar-refractivity contribution in [2.24, 2.45) is 0 Å². The number of aromatic hydroxyl groups is 1. The number of amides is 1. The molecular formula is C19H20Cl2N2O3S. The number of rotatable bonds is 4. The first-order valence-electron chi connectivity index (χ1n) is 8.08. The van der Waals surface area contributed by atoms with E-state index in [0.717, 1.165) is 5.56 Å². The van der Waals surface area contributed by atoms with Gasteiger partial charge < -0.3 is 15.2 Å². The van der Waals surface area contributed by atoms with Crippen molar-refractivity contribution in [3.05, 3.63) is 52.0 Å². The number of carbonyl (C=O) groups is 1. The van der Waals surface area contributed by atoms with Crippen molar-refractivity contribution >= 4 is 52.1 Å². The number of phenolic OH excluding ortho intramolecular Hbond substituents is 1. The van der Waals surface area contributed by atoms with Crippen LogP contribution in [0.15, 0.2) is 36.4 Å². The highest BCUT2D eigenvalue weighted by Crippen LogP contribution is 2.30. The summed E-state index contributed by atoms with van der Waals surface area (Å²) in [5, 5.41) is 16.1. The Hall–Kier alpha value is -2.02. The molecule has 8 heteroatoms. The zero-order valence-corrected chi connectivity index (χ0v) is 17.4. The van der Waals surface area contributed by atoms with E-state index in [1.54, 1.807) is 24.3 Å². The second kappa shape index (κ2) is 8.78. The number of ether oxygens (including phenoxy) is 1. The van der Waals surface area contributed by atoms with Crippen molar-refractivity contribution in [1.29, 1.82) is 0 Å². The third-order valence-corrected chi connectivity index (χ3v) is 4.35. The van der Waals surface area contributed by atoms with Gasteiger partial charge in [-0.25, -0.2) is 0 Å².